The van der Waals surface area contributed by atoms with Crippen molar-refractivity contribution in [2.75, 3.05) is 6.61 Å². The van der Waals surface area contributed by atoms with E-state index in [4.69, 9.17) is 9.47 Å². The third-order valence-corrected chi connectivity index (χ3v) is 4.14. The molecule has 0 aliphatic carbocycles. The molecule has 1 amide bonds. The van der Waals surface area contributed by atoms with Crippen LogP contribution in [0.1, 0.15) is 44.9 Å². The molecule has 2 heterocycles. The molecule has 1 N–H and O–H groups in total. The first-order valence-corrected chi connectivity index (χ1v) is 8.84. The molecule has 0 saturated carbocycles. The van der Waals surface area contributed by atoms with Gasteiger partial charge >= 0.3 is 6.09 Å². The van der Waals surface area contributed by atoms with Gasteiger partial charge in [0.05, 0.1) is 6.61 Å². The largest absolute Gasteiger partial charge is 0.443 e. The smallest absolute Gasteiger partial charge is 0.407 e. The number of carbonyl (C=O) groups excluding carboxylic acids is 1. The molecule has 0 saturated heterocycles. The second-order valence-corrected chi connectivity index (χ2v) is 7.51. The fourth-order valence-corrected chi connectivity index (χ4v) is 3.03. The Labute approximate surface area is 154 Å². The highest BCUT2D eigenvalue weighted by Crippen LogP contribution is 2.33. The van der Waals surface area contributed by atoms with Gasteiger partial charge in [-0.3, -0.25) is 0 Å². The maximum atomic E-state index is 12.1. The molecule has 6 heteroatoms. The number of hydrogen-bond acceptors (Lipinski definition) is 5. The van der Waals surface area contributed by atoms with E-state index in [0.717, 1.165) is 17.5 Å². The lowest BCUT2D eigenvalue weighted by atomic mass is 9.93. The molecule has 0 spiro atoms. The van der Waals surface area contributed by atoms with E-state index in [1.54, 1.807) is 18.5 Å². The molecule has 1 aromatic carbocycles. The second kappa shape index (κ2) is 7.41. The van der Waals surface area contributed by atoms with E-state index in [-0.39, 0.29) is 11.6 Å². The van der Waals surface area contributed by atoms with Crippen molar-refractivity contribution in [1.82, 2.24) is 15.3 Å². The van der Waals surface area contributed by atoms with Crippen molar-refractivity contribution in [2.24, 2.45) is 0 Å². The number of nitrogens with one attached hydrogen (secondary N) is 1. The molecular weight excluding hydrogens is 330 g/mol. The summed E-state index contributed by atoms with van der Waals surface area (Å²) >= 11 is 0. The molecule has 2 atom stereocenters. The van der Waals surface area contributed by atoms with E-state index in [0.29, 0.717) is 12.4 Å². The Morgan fingerprint density at radius 2 is 2.04 bits per heavy atom. The van der Waals surface area contributed by atoms with E-state index in [1.165, 1.54) is 5.56 Å². The lowest BCUT2D eigenvalue weighted by Gasteiger charge is -2.31. The Kier molecular flexibility index (Phi) is 5.23. The Morgan fingerprint density at radius 1 is 1.31 bits per heavy atom. The summed E-state index contributed by atoms with van der Waals surface area (Å²) in [7, 11) is 0. The standard InChI is InChI=1S/C20H25N3O3/c1-13(26-19(24)23-20(2,3)4)17-16-7-6-15(12-14(16)8-11-25-17)18-21-9-5-10-22-18/h5-7,9-10,12-13,17H,8,11H2,1-4H3,(H,23,24)/t13-,17+/m0/s1. The van der Waals surface area contributed by atoms with Crippen LogP contribution in [0.3, 0.4) is 0 Å². The minimum atomic E-state index is -0.435. The average molecular weight is 355 g/mol. The van der Waals surface area contributed by atoms with E-state index in [9.17, 15) is 4.79 Å². The highest BCUT2D eigenvalue weighted by molar-refractivity contribution is 5.68. The average Bonchev–Trinajstić information content (AvgIpc) is 2.59. The predicted octanol–water partition coefficient (Wildman–Crippen LogP) is 3.67. The van der Waals surface area contributed by atoms with Crippen molar-refractivity contribution < 1.29 is 14.3 Å². The fraction of sp³-hybridized carbons (Fsp3) is 0.450. The van der Waals surface area contributed by atoms with Crippen LogP contribution < -0.4 is 5.32 Å². The number of hydrogen-bond donors (Lipinski definition) is 1. The molecule has 3 rings (SSSR count). The zero-order chi connectivity index (χ0) is 18.7. The van der Waals surface area contributed by atoms with Crippen molar-refractivity contribution in [1.29, 1.82) is 0 Å². The van der Waals surface area contributed by atoms with Crippen molar-refractivity contribution in [3.8, 4) is 11.4 Å². The molecule has 0 bridgehead atoms. The summed E-state index contributed by atoms with van der Waals surface area (Å²) < 4.78 is 11.4. The maximum Gasteiger partial charge on any atom is 0.407 e. The number of alkyl carbamates (subject to hydrolysis) is 1. The molecular formula is C20H25N3O3. The summed E-state index contributed by atoms with van der Waals surface area (Å²) in [6.07, 6.45) is 3.17. The Bertz CT molecular complexity index is 772. The Morgan fingerprint density at radius 3 is 2.73 bits per heavy atom. The number of rotatable bonds is 3. The fourth-order valence-electron chi connectivity index (χ4n) is 3.03. The quantitative estimate of drug-likeness (QED) is 0.909. The Hall–Kier alpha value is -2.47. The Balaban J connectivity index is 1.77. The second-order valence-electron chi connectivity index (χ2n) is 7.51. The lowest BCUT2D eigenvalue weighted by molar-refractivity contribution is -0.0461. The third-order valence-electron chi connectivity index (χ3n) is 4.14. The number of amides is 1. The van der Waals surface area contributed by atoms with E-state index in [1.807, 2.05) is 39.8 Å². The monoisotopic (exact) mass is 355 g/mol. The topological polar surface area (TPSA) is 73.3 Å². The van der Waals surface area contributed by atoms with Crippen LogP contribution in [-0.4, -0.2) is 34.3 Å². The van der Waals surface area contributed by atoms with Gasteiger partial charge in [0, 0.05) is 23.5 Å². The summed E-state index contributed by atoms with van der Waals surface area (Å²) in [5.74, 6) is 0.701. The van der Waals surface area contributed by atoms with Gasteiger partial charge < -0.3 is 14.8 Å². The predicted molar refractivity (Wildman–Crippen MR) is 98.7 cm³/mol. The molecule has 138 valence electrons. The highest BCUT2D eigenvalue weighted by atomic mass is 16.6. The number of fused-ring (bicyclic) bond motifs is 1. The number of nitrogens with zero attached hydrogens (tertiary/aromatic N) is 2. The summed E-state index contributed by atoms with van der Waals surface area (Å²) in [5.41, 5.74) is 2.86. The van der Waals surface area contributed by atoms with Crippen LogP contribution in [0.5, 0.6) is 0 Å². The molecule has 0 radical (unpaired) electrons. The minimum Gasteiger partial charge on any atom is -0.443 e. The number of carbonyl (C=O) groups is 1. The third kappa shape index (κ3) is 4.38. The normalized spacial score (nSPS) is 17.9. The summed E-state index contributed by atoms with van der Waals surface area (Å²) in [4.78, 5) is 20.7. The molecule has 2 aromatic rings. The van der Waals surface area contributed by atoms with Crippen molar-refractivity contribution >= 4 is 6.09 Å². The first-order valence-electron chi connectivity index (χ1n) is 8.84. The van der Waals surface area contributed by atoms with Gasteiger partial charge in [-0.05, 0) is 57.4 Å². The minimum absolute atomic E-state index is 0.282. The van der Waals surface area contributed by atoms with Crippen molar-refractivity contribution in [3.05, 3.63) is 47.8 Å². The van der Waals surface area contributed by atoms with Gasteiger partial charge in [-0.2, -0.15) is 0 Å². The van der Waals surface area contributed by atoms with Gasteiger partial charge in [-0.1, -0.05) is 12.1 Å². The van der Waals surface area contributed by atoms with Crippen LogP contribution in [0, 0.1) is 0 Å². The van der Waals surface area contributed by atoms with Crippen LogP contribution in [0.15, 0.2) is 36.7 Å². The van der Waals surface area contributed by atoms with Gasteiger partial charge in [0.15, 0.2) is 5.82 Å². The van der Waals surface area contributed by atoms with E-state index >= 15 is 0 Å². The molecule has 26 heavy (non-hydrogen) atoms. The molecule has 1 aromatic heterocycles. The molecule has 1 aliphatic rings. The molecule has 6 nitrogen and oxygen atoms in total. The number of ether oxygens (including phenoxy) is 2. The first kappa shape index (κ1) is 18.3. The molecule has 0 fully saturated rings. The summed E-state index contributed by atoms with van der Waals surface area (Å²) in [5, 5.41) is 2.81. The van der Waals surface area contributed by atoms with Crippen molar-refractivity contribution in [3.63, 3.8) is 0 Å². The van der Waals surface area contributed by atoms with Gasteiger partial charge in [-0.25, -0.2) is 14.8 Å². The van der Waals surface area contributed by atoms with Crippen LogP contribution >= 0.6 is 0 Å². The van der Waals surface area contributed by atoms with Crippen LogP contribution in [0.4, 0.5) is 4.79 Å². The summed E-state index contributed by atoms with van der Waals surface area (Å²) in [6, 6.07) is 7.90. The van der Waals surface area contributed by atoms with Gasteiger partial charge in [-0.15, -0.1) is 0 Å². The number of benzene rings is 1. The van der Waals surface area contributed by atoms with E-state index in [2.05, 4.69) is 21.4 Å². The lowest BCUT2D eigenvalue weighted by Crippen LogP contribution is -2.43. The van der Waals surface area contributed by atoms with Gasteiger partial charge in [0.2, 0.25) is 0 Å². The number of aromatic nitrogens is 2. The molecule has 0 unspecified atom stereocenters. The van der Waals surface area contributed by atoms with E-state index < -0.39 is 12.2 Å². The zero-order valence-corrected chi connectivity index (χ0v) is 15.7. The van der Waals surface area contributed by atoms with Crippen LogP contribution in [0.25, 0.3) is 11.4 Å². The van der Waals surface area contributed by atoms with Gasteiger partial charge in [0.25, 0.3) is 0 Å². The van der Waals surface area contributed by atoms with Crippen molar-refractivity contribution in [2.45, 2.75) is 51.9 Å². The maximum absolute atomic E-state index is 12.1. The highest BCUT2D eigenvalue weighted by Gasteiger charge is 2.29. The SMILES string of the molecule is C[C@H](OC(=O)NC(C)(C)C)[C@H]1OCCc2cc(-c3ncccn3)ccc21. The first-order chi connectivity index (χ1) is 12.3. The molecule has 1 aliphatic heterocycles. The van der Waals surface area contributed by atoms with Crippen LogP contribution in [0.2, 0.25) is 0 Å². The van der Waals surface area contributed by atoms with Gasteiger partial charge in [0.1, 0.15) is 12.2 Å². The summed E-state index contributed by atoms with van der Waals surface area (Å²) in [6.45, 7) is 8.19. The zero-order valence-electron chi connectivity index (χ0n) is 15.7. The van der Waals surface area contributed by atoms with Crippen LogP contribution in [-0.2, 0) is 15.9 Å².